The normalized spacial score (nSPS) is 11.7. The number of methoxy groups -OCH3 is 3. The van der Waals surface area contributed by atoms with E-state index in [0.29, 0.717) is 45.0 Å². The zero-order valence-electron chi connectivity index (χ0n) is 20.2. The second-order valence-corrected chi connectivity index (χ2v) is 8.56. The number of aromatic nitrogens is 2. The number of carboxylic acids is 1. The largest absolute Gasteiger partial charge is 0.493 e. The third-order valence-corrected chi connectivity index (χ3v) is 6.31. The molecule has 36 heavy (non-hydrogen) atoms. The number of aliphatic carboxylic acids is 1. The van der Waals surface area contributed by atoms with Crippen molar-refractivity contribution in [3.63, 3.8) is 0 Å². The number of Topliss-reactive ketones (excluding diaryl/α,β-unsaturated/α-hetero) is 1. The van der Waals surface area contributed by atoms with Crippen molar-refractivity contribution in [3.8, 4) is 17.2 Å². The first-order chi connectivity index (χ1) is 17.4. The van der Waals surface area contributed by atoms with Gasteiger partial charge in [0.1, 0.15) is 11.0 Å². The predicted molar refractivity (Wildman–Crippen MR) is 137 cm³/mol. The highest BCUT2D eigenvalue weighted by Gasteiger charge is 2.25. The maximum absolute atomic E-state index is 13.8. The average molecular weight is 505 g/mol. The molecular weight excluding hydrogens is 480 g/mol. The quantitative estimate of drug-likeness (QED) is 0.251. The summed E-state index contributed by atoms with van der Waals surface area (Å²) in [5, 5.41) is 10.3. The van der Waals surface area contributed by atoms with Gasteiger partial charge in [-0.25, -0.2) is 4.79 Å². The van der Waals surface area contributed by atoms with Crippen LogP contribution < -0.4 is 14.2 Å². The van der Waals surface area contributed by atoms with E-state index in [4.69, 9.17) is 14.2 Å². The summed E-state index contributed by atoms with van der Waals surface area (Å²) in [6.45, 7) is 1.92. The number of benzene rings is 3. The lowest BCUT2D eigenvalue weighted by Crippen LogP contribution is -2.14. The molecule has 0 spiro atoms. The molecule has 4 rings (SSSR count). The van der Waals surface area contributed by atoms with Gasteiger partial charge in [0.25, 0.3) is 0 Å². The monoisotopic (exact) mass is 504 g/mol. The summed E-state index contributed by atoms with van der Waals surface area (Å²) in [5.41, 5.74) is 3.59. The van der Waals surface area contributed by atoms with Gasteiger partial charge in [-0.3, -0.25) is 4.79 Å². The van der Waals surface area contributed by atoms with Gasteiger partial charge in [0.05, 0.1) is 38.6 Å². The van der Waals surface area contributed by atoms with E-state index in [1.54, 1.807) is 42.5 Å². The zero-order chi connectivity index (χ0) is 25.8. The number of hydrogen-bond donors (Lipinski definition) is 1. The molecule has 0 amide bonds. The number of rotatable bonds is 9. The molecule has 0 aliphatic carbocycles. The van der Waals surface area contributed by atoms with Crippen LogP contribution in [0.4, 0.5) is 0 Å². The first-order valence-corrected chi connectivity index (χ1v) is 11.7. The average Bonchev–Trinajstić information content (AvgIpc) is 3.35. The molecule has 0 saturated heterocycles. The molecule has 3 aromatic carbocycles. The number of fused-ring (bicyclic) bond motifs is 1. The lowest BCUT2D eigenvalue weighted by Gasteiger charge is -2.16. The molecule has 1 aromatic heterocycles. The molecule has 0 bridgehead atoms. The number of carbonyl (C=O) groups is 2. The molecule has 0 unspecified atom stereocenters. The first kappa shape index (κ1) is 24.9. The van der Waals surface area contributed by atoms with E-state index in [1.165, 1.54) is 21.3 Å². The van der Waals surface area contributed by atoms with Gasteiger partial charge in [-0.15, -0.1) is 0 Å². The SMILES string of the molecule is COc1cc(CC(C(=O)c2ccc(C)cc2)=C(C(=O)O)c2ccc3nsnc3c2)cc(OC)c1OC. The van der Waals surface area contributed by atoms with Crippen molar-refractivity contribution >= 4 is 40.1 Å². The number of nitrogens with zero attached hydrogens (tertiary/aromatic N) is 2. The highest BCUT2D eigenvalue weighted by molar-refractivity contribution is 7.00. The predicted octanol–water partition coefficient (Wildman–Crippen LogP) is 4.99. The fourth-order valence-corrected chi connectivity index (χ4v) is 4.48. The summed E-state index contributed by atoms with van der Waals surface area (Å²) in [7, 11) is 4.49. The van der Waals surface area contributed by atoms with Gasteiger partial charge in [0, 0.05) is 17.6 Å². The van der Waals surface area contributed by atoms with E-state index in [9.17, 15) is 14.7 Å². The van der Waals surface area contributed by atoms with Crippen molar-refractivity contribution < 1.29 is 28.9 Å². The van der Waals surface area contributed by atoms with Crippen molar-refractivity contribution in [2.75, 3.05) is 21.3 Å². The van der Waals surface area contributed by atoms with E-state index in [1.807, 2.05) is 19.1 Å². The Bertz CT molecular complexity index is 1450. The van der Waals surface area contributed by atoms with Crippen LogP contribution in [0.25, 0.3) is 16.6 Å². The number of hydrogen-bond acceptors (Lipinski definition) is 8. The van der Waals surface area contributed by atoms with Crippen LogP contribution in [0, 0.1) is 6.92 Å². The van der Waals surface area contributed by atoms with Crippen molar-refractivity contribution in [2.45, 2.75) is 13.3 Å². The van der Waals surface area contributed by atoms with Crippen molar-refractivity contribution in [2.24, 2.45) is 0 Å². The summed E-state index contributed by atoms with van der Waals surface area (Å²) in [4.78, 5) is 26.4. The molecule has 184 valence electrons. The molecule has 0 aliphatic rings. The van der Waals surface area contributed by atoms with Crippen molar-refractivity contribution in [1.82, 2.24) is 8.75 Å². The summed E-state index contributed by atoms with van der Waals surface area (Å²) >= 11 is 1.04. The second-order valence-electron chi connectivity index (χ2n) is 8.03. The Morgan fingerprint density at radius 2 is 1.44 bits per heavy atom. The van der Waals surface area contributed by atoms with Gasteiger partial charge >= 0.3 is 5.97 Å². The Morgan fingerprint density at radius 1 is 0.833 bits per heavy atom. The Morgan fingerprint density at radius 3 is 2.03 bits per heavy atom. The molecule has 1 heterocycles. The number of ether oxygens (including phenoxy) is 3. The van der Waals surface area contributed by atoms with Crippen LogP contribution in [0.2, 0.25) is 0 Å². The number of carboxylic acid groups (broad SMARTS) is 1. The molecule has 0 radical (unpaired) electrons. The minimum atomic E-state index is -1.22. The second kappa shape index (κ2) is 10.6. The molecule has 1 N–H and O–H groups in total. The summed E-state index contributed by atoms with van der Waals surface area (Å²) in [5.74, 6) is -0.404. The molecule has 8 nitrogen and oxygen atoms in total. The number of aryl methyl sites for hydroxylation is 1. The maximum Gasteiger partial charge on any atom is 0.336 e. The third-order valence-electron chi connectivity index (χ3n) is 5.75. The van der Waals surface area contributed by atoms with Crippen LogP contribution in [0.15, 0.2) is 60.2 Å². The first-order valence-electron chi connectivity index (χ1n) is 11.0. The zero-order valence-corrected chi connectivity index (χ0v) is 21.0. The van der Waals surface area contributed by atoms with Gasteiger partial charge in [-0.1, -0.05) is 35.9 Å². The number of allylic oxidation sites excluding steroid dienone is 1. The summed E-state index contributed by atoms with van der Waals surface area (Å²) < 4.78 is 24.7. The van der Waals surface area contributed by atoms with E-state index < -0.39 is 11.8 Å². The minimum absolute atomic E-state index is 0.0123. The molecular formula is C27H24N2O6S. The highest BCUT2D eigenvalue weighted by Crippen LogP contribution is 2.39. The molecule has 0 saturated carbocycles. The summed E-state index contributed by atoms with van der Waals surface area (Å²) in [6, 6.07) is 15.4. The fourth-order valence-electron chi connectivity index (χ4n) is 3.97. The van der Waals surface area contributed by atoms with E-state index in [-0.39, 0.29) is 17.6 Å². The molecule has 9 heteroatoms. The molecule has 0 aliphatic heterocycles. The van der Waals surface area contributed by atoms with Crippen LogP contribution in [-0.2, 0) is 11.2 Å². The van der Waals surface area contributed by atoms with Crippen LogP contribution >= 0.6 is 11.7 Å². The van der Waals surface area contributed by atoms with Crippen molar-refractivity contribution in [1.29, 1.82) is 0 Å². The highest BCUT2D eigenvalue weighted by atomic mass is 32.1. The van der Waals surface area contributed by atoms with Gasteiger partial charge < -0.3 is 19.3 Å². The van der Waals surface area contributed by atoms with E-state index in [2.05, 4.69) is 8.75 Å². The Kier molecular flexibility index (Phi) is 7.30. The van der Waals surface area contributed by atoms with Gasteiger partial charge in [-0.2, -0.15) is 8.75 Å². The summed E-state index contributed by atoms with van der Waals surface area (Å²) in [6.07, 6.45) is 0.0123. The van der Waals surface area contributed by atoms with Gasteiger partial charge in [0.2, 0.25) is 5.75 Å². The van der Waals surface area contributed by atoms with E-state index in [0.717, 1.165) is 17.3 Å². The van der Waals surface area contributed by atoms with Crippen LogP contribution in [0.5, 0.6) is 17.2 Å². The lowest BCUT2D eigenvalue weighted by atomic mass is 9.89. The molecule has 0 fully saturated rings. The van der Waals surface area contributed by atoms with Gasteiger partial charge in [0.15, 0.2) is 17.3 Å². The Balaban J connectivity index is 1.94. The Hall–Kier alpha value is -4.24. The topological polar surface area (TPSA) is 108 Å². The molecule has 0 atom stereocenters. The smallest absolute Gasteiger partial charge is 0.336 e. The maximum atomic E-state index is 13.8. The van der Waals surface area contributed by atoms with Crippen LogP contribution in [0.1, 0.15) is 27.0 Å². The Labute approximate surface area is 212 Å². The molecule has 4 aromatic rings. The van der Waals surface area contributed by atoms with Crippen LogP contribution in [0.3, 0.4) is 0 Å². The van der Waals surface area contributed by atoms with Crippen molar-refractivity contribution in [3.05, 3.63) is 82.4 Å². The minimum Gasteiger partial charge on any atom is -0.493 e. The third kappa shape index (κ3) is 4.92. The van der Waals surface area contributed by atoms with E-state index >= 15 is 0 Å². The lowest BCUT2D eigenvalue weighted by molar-refractivity contribution is -0.130. The van der Waals surface area contributed by atoms with Gasteiger partial charge in [-0.05, 0) is 42.3 Å². The standard InChI is InChI=1S/C27H24N2O6S/c1-15-5-7-17(8-6-15)25(30)19(11-16-12-22(33-2)26(35-4)23(13-16)34-3)24(27(31)32)18-9-10-20-21(14-18)29-36-28-20/h5-10,12-14H,11H2,1-4H3,(H,31,32). The fraction of sp³-hybridized carbons (Fsp3) is 0.185. The van der Waals surface area contributed by atoms with Crippen LogP contribution in [-0.4, -0.2) is 46.9 Å². The number of ketones is 1. The number of carbonyl (C=O) groups excluding carboxylic acids is 1.